The van der Waals surface area contributed by atoms with Crippen LogP contribution in [-0.4, -0.2) is 10.7 Å². The van der Waals surface area contributed by atoms with E-state index in [0.29, 0.717) is 11.1 Å². The highest BCUT2D eigenvalue weighted by molar-refractivity contribution is 6.11. The van der Waals surface area contributed by atoms with Crippen molar-refractivity contribution in [1.82, 2.24) is 4.90 Å². The molecule has 1 aliphatic heterocycles. The summed E-state index contributed by atoms with van der Waals surface area (Å²) in [6.45, 7) is 0. The summed E-state index contributed by atoms with van der Waals surface area (Å²) in [5, 5.41) is 18.6. The Labute approximate surface area is 162 Å². The Kier molecular flexibility index (Phi) is 5.60. The van der Waals surface area contributed by atoms with Crippen LogP contribution in [0.25, 0.3) is 6.08 Å². The fourth-order valence-electron chi connectivity index (χ4n) is 2.73. The molecule has 2 aromatic carbocycles. The fourth-order valence-corrected chi connectivity index (χ4v) is 2.73. The summed E-state index contributed by atoms with van der Waals surface area (Å²) < 4.78 is 13.6. The van der Waals surface area contributed by atoms with Crippen molar-refractivity contribution in [3.05, 3.63) is 113 Å². The molecule has 0 saturated heterocycles. The van der Waals surface area contributed by atoms with Crippen molar-refractivity contribution in [2.24, 2.45) is 0 Å². The first-order chi connectivity index (χ1) is 13.6. The van der Waals surface area contributed by atoms with Gasteiger partial charge >= 0.3 is 0 Å². The lowest BCUT2D eigenvalue weighted by Gasteiger charge is -2.26. The second kappa shape index (κ2) is 8.44. The predicted molar refractivity (Wildman–Crippen MR) is 104 cm³/mol. The van der Waals surface area contributed by atoms with Gasteiger partial charge in [0.1, 0.15) is 18.0 Å². The van der Waals surface area contributed by atoms with Gasteiger partial charge in [0.25, 0.3) is 0 Å². The van der Waals surface area contributed by atoms with Crippen molar-refractivity contribution >= 4 is 11.9 Å². The number of nitrogens with zero attached hydrogens (tertiary/aromatic N) is 3. The van der Waals surface area contributed by atoms with Crippen molar-refractivity contribution in [1.29, 1.82) is 10.5 Å². The van der Waals surface area contributed by atoms with Crippen LogP contribution in [0.5, 0.6) is 0 Å². The molecule has 0 N–H and O–H groups in total. The van der Waals surface area contributed by atoms with Crippen LogP contribution < -0.4 is 0 Å². The molecule has 0 fully saturated rings. The van der Waals surface area contributed by atoms with Gasteiger partial charge in [-0.25, -0.2) is 4.39 Å². The molecule has 5 heteroatoms. The Bertz CT molecular complexity index is 1100. The lowest BCUT2D eigenvalue weighted by molar-refractivity contribution is 0.101. The molecule has 28 heavy (non-hydrogen) atoms. The van der Waals surface area contributed by atoms with Crippen LogP contribution >= 0.6 is 0 Å². The number of hydrogen-bond acceptors (Lipinski definition) is 4. The molecule has 0 radical (unpaired) electrons. The second-order valence-electron chi connectivity index (χ2n) is 5.83. The molecule has 0 amide bonds. The molecule has 0 aromatic heterocycles. The van der Waals surface area contributed by atoms with E-state index in [9.17, 15) is 19.7 Å². The Balaban J connectivity index is 2.19. The number of ketones is 1. The largest absolute Gasteiger partial charge is 0.312 e. The number of Topliss-reactive ketones (excluding diaryl/α,β-unsaturated/α-hetero) is 1. The van der Waals surface area contributed by atoms with Crippen LogP contribution in [0, 0.1) is 28.5 Å². The van der Waals surface area contributed by atoms with E-state index in [1.807, 2.05) is 12.1 Å². The van der Waals surface area contributed by atoms with E-state index in [0.717, 1.165) is 0 Å². The summed E-state index contributed by atoms with van der Waals surface area (Å²) in [7, 11) is 0. The normalized spacial score (nSPS) is 13.0. The summed E-state index contributed by atoms with van der Waals surface area (Å²) in [5.41, 5.74) is 1.25. The second-order valence-corrected chi connectivity index (χ2v) is 5.83. The van der Waals surface area contributed by atoms with E-state index in [-0.39, 0.29) is 22.8 Å². The molecule has 3 rings (SSSR count). The summed E-state index contributed by atoms with van der Waals surface area (Å²) in [6.07, 6.45) is 8.07. The first-order valence-corrected chi connectivity index (χ1v) is 8.39. The van der Waals surface area contributed by atoms with Gasteiger partial charge in [0, 0.05) is 11.8 Å². The van der Waals surface area contributed by atoms with Crippen LogP contribution in [-0.2, 0) is 0 Å². The minimum Gasteiger partial charge on any atom is -0.312 e. The topological polar surface area (TPSA) is 67.9 Å². The number of carbonyl (C=O) groups excluding carboxylic acids is 1. The molecule has 1 heterocycles. The zero-order valence-electron chi connectivity index (χ0n) is 14.7. The van der Waals surface area contributed by atoms with E-state index in [4.69, 9.17) is 0 Å². The van der Waals surface area contributed by atoms with Crippen LogP contribution in [0.2, 0.25) is 0 Å². The summed E-state index contributed by atoms with van der Waals surface area (Å²) in [6, 6.07) is 18.2. The molecule has 2 aromatic rings. The maximum Gasteiger partial charge on any atom is 0.209 e. The van der Waals surface area contributed by atoms with Gasteiger partial charge in [0.05, 0.1) is 11.4 Å². The van der Waals surface area contributed by atoms with Crippen molar-refractivity contribution in [2.45, 2.75) is 0 Å². The van der Waals surface area contributed by atoms with Gasteiger partial charge in [0.15, 0.2) is 5.57 Å². The van der Waals surface area contributed by atoms with E-state index in [1.54, 1.807) is 66.9 Å². The minimum atomic E-state index is -0.431. The first-order valence-electron chi connectivity index (χ1n) is 8.39. The van der Waals surface area contributed by atoms with Gasteiger partial charge in [-0.15, -0.1) is 0 Å². The molecule has 0 unspecified atom stereocenters. The average molecular weight is 367 g/mol. The van der Waals surface area contributed by atoms with Crippen LogP contribution in [0.3, 0.4) is 0 Å². The number of nitriles is 2. The molecular weight excluding hydrogens is 353 g/mol. The van der Waals surface area contributed by atoms with Crippen LogP contribution in [0.15, 0.2) is 96.0 Å². The molecule has 0 aliphatic carbocycles. The molecule has 1 aliphatic rings. The van der Waals surface area contributed by atoms with Gasteiger partial charge in [-0.3, -0.25) is 4.79 Å². The Hall–Kier alpha value is -4.22. The zero-order valence-corrected chi connectivity index (χ0v) is 14.7. The molecule has 4 nitrogen and oxygen atoms in total. The summed E-state index contributed by atoms with van der Waals surface area (Å²) in [5.74, 6) is -0.752. The first kappa shape index (κ1) is 18.6. The van der Waals surface area contributed by atoms with Gasteiger partial charge in [-0.1, -0.05) is 48.5 Å². The number of rotatable bonds is 4. The lowest BCUT2D eigenvalue weighted by atomic mass is 10.0. The summed E-state index contributed by atoms with van der Waals surface area (Å²) in [4.78, 5) is 14.7. The third-order valence-electron chi connectivity index (χ3n) is 4.02. The van der Waals surface area contributed by atoms with Gasteiger partial charge in [0.2, 0.25) is 5.78 Å². The summed E-state index contributed by atoms with van der Waals surface area (Å²) >= 11 is 0. The highest BCUT2D eigenvalue weighted by atomic mass is 19.1. The third kappa shape index (κ3) is 3.95. The molecule has 0 saturated carbocycles. The third-order valence-corrected chi connectivity index (χ3v) is 4.02. The van der Waals surface area contributed by atoms with Gasteiger partial charge in [-0.2, -0.15) is 10.5 Å². The molecule has 0 spiro atoms. The molecule has 0 bridgehead atoms. The predicted octanol–water partition coefficient (Wildman–Crippen LogP) is 4.74. The Morgan fingerprint density at radius 3 is 2.43 bits per heavy atom. The lowest BCUT2D eigenvalue weighted by Crippen LogP contribution is -2.24. The van der Waals surface area contributed by atoms with Crippen LogP contribution in [0.1, 0.15) is 15.9 Å². The van der Waals surface area contributed by atoms with E-state index in [1.165, 1.54) is 23.1 Å². The number of allylic oxidation sites excluding steroid dienone is 5. The highest BCUT2D eigenvalue weighted by Gasteiger charge is 2.23. The van der Waals surface area contributed by atoms with Gasteiger partial charge in [-0.05, 0) is 35.9 Å². The number of hydrogen-bond donors (Lipinski definition) is 0. The van der Waals surface area contributed by atoms with E-state index < -0.39 is 5.82 Å². The van der Waals surface area contributed by atoms with Crippen LogP contribution in [0.4, 0.5) is 4.39 Å². The average Bonchev–Trinajstić information content (AvgIpc) is 2.74. The highest BCUT2D eigenvalue weighted by Crippen LogP contribution is 2.26. The Morgan fingerprint density at radius 1 is 1.00 bits per heavy atom. The van der Waals surface area contributed by atoms with E-state index >= 15 is 0 Å². The van der Waals surface area contributed by atoms with Crippen molar-refractivity contribution in [3.63, 3.8) is 0 Å². The van der Waals surface area contributed by atoms with Crippen molar-refractivity contribution in [3.8, 4) is 12.1 Å². The zero-order chi connectivity index (χ0) is 19.9. The number of benzene rings is 2. The van der Waals surface area contributed by atoms with E-state index in [2.05, 4.69) is 0 Å². The monoisotopic (exact) mass is 367 g/mol. The maximum atomic E-state index is 13.6. The number of carbonyl (C=O) groups is 1. The molecule has 134 valence electrons. The SMILES string of the molecule is N#CC(C#N)=C1C=CC=CN1/C(=C/c1cccc(F)c1)C(=O)c1ccccc1. The van der Waals surface area contributed by atoms with Crippen molar-refractivity contribution < 1.29 is 9.18 Å². The quantitative estimate of drug-likeness (QED) is 0.445. The van der Waals surface area contributed by atoms with Crippen molar-refractivity contribution in [2.75, 3.05) is 0 Å². The van der Waals surface area contributed by atoms with Gasteiger partial charge < -0.3 is 4.90 Å². The smallest absolute Gasteiger partial charge is 0.209 e. The fraction of sp³-hybridized carbons (Fsp3) is 0. The number of halogens is 1. The molecule has 0 atom stereocenters. The standard InChI is InChI=1S/C23H14FN3O/c24-20-10-6-7-17(13-20)14-22(23(28)18-8-2-1-3-9-18)27-12-5-4-11-21(27)19(15-25)16-26/h1-14H/b22-14+. The maximum absolute atomic E-state index is 13.6. The Morgan fingerprint density at radius 2 is 1.75 bits per heavy atom. The minimum absolute atomic E-state index is 0.133. The molecular formula is C23H14FN3O.